The van der Waals surface area contributed by atoms with E-state index < -0.39 is 29.8 Å². The van der Waals surface area contributed by atoms with E-state index in [2.05, 4.69) is 31.2 Å². The molecule has 12 heteroatoms. The molecule has 0 radical (unpaired) electrons. The van der Waals surface area contributed by atoms with Crippen LogP contribution in [0.1, 0.15) is 17.4 Å². The summed E-state index contributed by atoms with van der Waals surface area (Å²) in [5, 5.41) is 4.14. The van der Waals surface area contributed by atoms with Crippen molar-refractivity contribution in [1.82, 2.24) is 15.3 Å². The van der Waals surface area contributed by atoms with E-state index in [9.17, 15) is 22.4 Å². The number of aryl methyl sites for hydroxylation is 1. The lowest BCUT2D eigenvalue weighted by Gasteiger charge is -2.20. The number of urea groups is 1. The number of carbonyl (C=O) groups is 1. The quantitative estimate of drug-likeness (QED) is 0.500. The van der Waals surface area contributed by atoms with Crippen molar-refractivity contribution in [2.24, 2.45) is 0 Å². The van der Waals surface area contributed by atoms with Crippen molar-refractivity contribution in [1.29, 1.82) is 0 Å². The molecule has 3 aromatic rings. The Morgan fingerprint density at radius 1 is 1.29 bits per heavy atom. The Kier molecular flexibility index (Phi) is 5.15. The van der Waals surface area contributed by atoms with Gasteiger partial charge >= 0.3 is 12.2 Å². The minimum atomic E-state index is -4.88. The van der Waals surface area contributed by atoms with Gasteiger partial charge in [0.25, 0.3) is 0 Å². The molecule has 2 heterocycles. The van der Waals surface area contributed by atoms with Gasteiger partial charge in [-0.25, -0.2) is 19.2 Å². The monoisotopic (exact) mass is 461 g/mol. The zero-order chi connectivity index (χ0) is 20.6. The molecule has 0 saturated heterocycles. The third-order valence-electron chi connectivity index (χ3n) is 3.79. The number of benzene rings is 1. The van der Waals surface area contributed by atoms with Crippen molar-refractivity contribution in [2.45, 2.75) is 19.1 Å². The molecule has 2 aromatic heterocycles. The lowest BCUT2D eigenvalue weighted by molar-refractivity contribution is -0.158. The highest BCUT2D eigenvalue weighted by atomic mass is 79.9. The number of halogens is 5. The number of nitrogen functional groups attached to an aromatic ring is 1. The zero-order valence-electron chi connectivity index (χ0n) is 14.1. The maximum atomic E-state index is 13.6. The second kappa shape index (κ2) is 7.26. The molecule has 3 rings (SSSR count). The number of nitrogens with zero attached hydrogens (tertiary/aromatic N) is 2. The molecule has 28 heavy (non-hydrogen) atoms. The Bertz CT molecular complexity index is 1040. The Morgan fingerprint density at radius 3 is 2.54 bits per heavy atom. The lowest BCUT2D eigenvalue weighted by atomic mass is 10.1. The molecule has 1 atom stereocenters. The molecule has 0 unspecified atom stereocenters. The van der Waals surface area contributed by atoms with Gasteiger partial charge in [0.05, 0.1) is 22.6 Å². The van der Waals surface area contributed by atoms with Crippen LogP contribution in [0, 0.1) is 12.7 Å². The third kappa shape index (κ3) is 4.01. The summed E-state index contributed by atoms with van der Waals surface area (Å²) in [5.41, 5.74) is 5.43. The van der Waals surface area contributed by atoms with E-state index in [4.69, 9.17) is 10.2 Å². The number of nitrogens with two attached hydrogens (primary N) is 1. The normalized spacial score (nSPS) is 12.8. The van der Waals surface area contributed by atoms with Gasteiger partial charge in [-0.1, -0.05) is 0 Å². The molecular weight excluding hydrogens is 450 g/mol. The number of nitrogens with one attached hydrogen (secondary N) is 2. The van der Waals surface area contributed by atoms with E-state index in [-0.39, 0.29) is 32.6 Å². The Hall–Kier alpha value is -2.89. The first-order chi connectivity index (χ1) is 13.1. The molecule has 0 spiro atoms. The maximum absolute atomic E-state index is 13.6. The maximum Gasteiger partial charge on any atom is 0.416 e. The highest BCUT2D eigenvalue weighted by Crippen LogP contribution is 2.40. The first-order valence-electron chi connectivity index (χ1n) is 7.66. The first kappa shape index (κ1) is 19.9. The molecule has 4 N–H and O–H groups in total. The minimum absolute atomic E-state index is 0.0392. The first-order valence-corrected chi connectivity index (χ1v) is 8.45. The molecule has 0 saturated carbocycles. The summed E-state index contributed by atoms with van der Waals surface area (Å²) in [4.78, 5) is 19.3. The average molecular weight is 462 g/mol. The van der Waals surface area contributed by atoms with Crippen LogP contribution >= 0.6 is 15.9 Å². The molecule has 1 aromatic carbocycles. The fraction of sp³-hybridized carbons (Fsp3) is 0.188. The van der Waals surface area contributed by atoms with Crippen LogP contribution in [-0.4, -0.2) is 22.2 Å². The van der Waals surface area contributed by atoms with Gasteiger partial charge in [-0.3, -0.25) is 0 Å². The van der Waals surface area contributed by atoms with Gasteiger partial charge in [0.2, 0.25) is 5.95 Å². The molecule has 0 bridgehead atoms. The minimum Gasteiger partial charge on any atom is -0.457 e. The van der Waals surface area contributed by atoms with Crippen LogP contribution in [0.4, 0.5) is 34.0 Å². The molecule has 7 nitrogen and oxygen atoms in total. The van der Waals surface area contributed by atoms with Gasteiger partial charge in [-0.05, 0) is 35.0 Å². The van der Waals surface area contributed by atoms with Crippen LogP contribution in [0.5, 0.6) is 0 Å². The Morgan fingerprint density at radius 2 is 1.93 bits per heavy atom. The largest absolute Gasteiger partial charge is 0.457 e. The highest BCUT2D eigenvalue weighted by molar-refractivity contribution is 9.10. The lowest BCUT2D eigenvalue weighted by Crippen LogP contribution is -2.40. The van der Waals surface area contributed by atoms with Crippen LogP contribution in [0.25, 0.3) is 11.0 Å². The topological polar surface area (TPSA) is 106 Å². The van der Waals surface area contributed by atoms with E-state index in [1.165, 1.54) is 6.92 Å². The summed E-state index contributed by atoms with van der Waals surface area (Å²) in [6.07, 6.45) is -2.60. The molecule has 148 valence electrons. The SMILES string of the molecule is Cc1c([C@H](NC(=O)Nc2cnc(N)nc2)C(F)(F)F)oc2c(Br)cc(F)cc12. The van der Waals surface area contributed by atoms with E-state index in [0.29, 0.717) is 0 Å². The summed E-state index contributed by atoms with van der Waals surface area (Å²) in [6.45, 7) is 1.35. The van der Waals surface area contributed by atoms with Crippen LogP contribution in [-0.2, 0) is 0 Å². The van der Waals surface area contributed by atoms with E-state index in [0.717, 1.165) is 24.5 Å². The summed E-state index contributed by atoms with van der Waals surface area (Å²) >= 11 is 3.06. The zero-order valence-corrected chi connectivity index (χ0v) is 15.7. The smallest absolute Gasteiger partial charge is 0.416 e. The Balaban J connectivity index is 1.94. The van der Waals surface area contributed by atoms with Gasteiger partial charge in [-0.2, -0.15) is 13.2 Å². The summed E-state index contributed by atoms with van der Waals surface area (Å²) < 4.78 is 59.9. The van der Waals surface area contributed by atoms with Crippen LogP contribution < -0.4 is 16.4 Å². The second-order valence-electron chi connectivity index (χ2n) is 5.76. The van der Waals surface area contributed by atoms with Gasteiger partial charge in [-0.15, -0.1) is 0 Å². The number of hydrogen-bond donors (Lipinski definition) is 3. The molecule has 2 amide bonds. The van der Waals surface area contributed by atoms with Crippen molar-refractivity contribution in [2.75, 3.05) is 11.1 Å². The number of anilines is 2. The van der Waals surface area contributed by atoms with Gasteiger partial charge < -0.3 is 20.8 Å². The van der Waals surface area contributed by atoms with Crippen LogP contribution in [0.15, 0.2) is 33.4 Å². The van der Waals surface area contributed by atoms with Crippen LogP contribution in [0.3, 0.4) is 0 Å². The molecule has 0 fully saturated rings. The molecule has 0 aliphatic rings. The number of carbonyl (C=O) groups excluding carboxylic acids is 1. The number of fused-ring (bicyclic) bond motifs is 1. The predicted molar refractivity (Wildman–Crippen MR) is 96.0 cm³/mol. The summed E-state index contributed by atoms with van der Waals surface area (Å²) in [7, 11) is 0. The Labute approximate surface area is 163 Å². The van der Waals surface area contributed by atoms with Crippen molar-refractivity contribution < 1.29 is 26.8 Å². The number of hydrogen-bond acceptors (Lipinski definition) is 5. The highest BCUT2D eigenvalue weighted by Gasteiger charge is 2.45. The third-order valence-corrected chi connectivity index (χ3v) is 4.38. The van der Waals surface area contributed by atoms with E-state index >= 15 is 0 Å². The number of aromatic nitrogens is 2. The number of furan rings is 1. The average Bonchev–Trinajstić information content (AvgIpc) is 2.91. The van der Waals surface area contributed by atoms with Gasteiger partial charge in [0.1, 0.15) is 17.2 Å². The predicted octanol–water partition coefficient (Wildman–Crippen LogP) is 4.44. The standard InChI is InChI=1S/C16H12BrF4N5O2/c1-6-9-2-7(18)3-10(17)12(9)28-11(6)13(16(19,20)21)26-15(27)25-8-4-23-14(22)24-5-8/h2-5,13H,1H3,(H2,22,23,24)(H2,25,26,27)/t13-/m0/s1. The van der Waals surface area contributed by atoms with Crippen molar-refractivity contribution >= 4 is 44.6 Å². The number of alkyl halides is 3. The van der Waals surface area contributed by atoms with Crippen molar-refractivity contribution in [3.05, 3.63) is 46.1 Å². The fourth-order valence-electron chi connectivity index (χ4n) is 2.53. The second-order valence-corrected chi connectivity index (χ2v) is 6.61. The van der Waals surface area contributed by atoms with E-state index in [1.807, 2.05) is 5.32 Å². The van der Waals surface area contributed by atoms with Crippen LogP contribution in [0.2, 0.25) is 0 Å². The molecular formula is C16H12BrF4N5O2. The van der Waals surface area contributed by atoms with Crippen molar-refractivity contribution in [3.8, 4) is 0 Å². The summed E-state index contributed by atoms with van der Waals surface area (Å²) in [5.74, 6) is -1.26. The van der Waals surface area contributed by atoms with Gasteiger partial charge in [0, 0.05) is 10.9 Å². The van der Waals surface area contributed by atoms with E-state index in [1.54, 1.807) is 0 Å². The number of rotatable bonds is 3. The van der Waals surface area contributed by atoms with Gasteiger partial charge in [0.15, 0.2) is 6.04 Å². The number of amides is 2. The molecule has 0 aliphatic heterocycles. The van der Waals surface area contributed by atoms with Crippen molar-refractivity contribution in [3.63, 3.8) is 0 Å². The molecule has 0 aliphatic carbocycles. The summed E-state index contributed by atoms with van der Waals surface area (Å²) in [6, 6.07) is -1.51. The fourth-order valence-corrected chi connectivity index (χ4v) is 3.05.